The van der Waals surface area contributed by atoms with Crippen LogP contribution in [0.1, 0.15) is 29.7 Å². The topological polar surface area (TPSA) is 101 Å². The molecule has 2 N–H and O–H groups in total. The predicted octanol–water partition coefficient (Wildman–Crippen LogP) is 4.36. The first-order valence-electron chi connectivity index (χ1n) is 8.51. The fraction of sp³-hybridized carbons (Fsp3) is 0.158. The molecule has 0 saturated heterocycles. The summed E-state index contributed by atoms with van der Waals surface area (Å²) >= 11 is 1.12. The first kappa shape index (κ1) is 19.8. The average molecular weight is 418 g/mol. The van der Waals surface area contributed by atoms with E-state index in [-0.39, 0.29) is 10.1 Å². The Morgan fingerprint density at radius 1 is 1.18 bits per heavy atom. The van der Waals surface area contributed by atoms with Crippen molar-refractivity contribution < 1.29 is 17.7 Å². The highest BCUT2D eigenvalue weighted by molar-refractivity contribution is 7.94. The van der Waals surface area contributed by atoms with E-state index >= 15 is 0 Å². The second-order valence-electron chi connectivity index (χ2n) is 5.87. The van der Waals surface area contributed by atoms with E-state index in [2.05, 4.69) is 15.2 Å². The summed E-state index contributed by atoms with van der Waals surface area (Å²) in [6.07, 6.45) is 3.71. The summed E-state index contributed by atoms with van der Waals surface area (Å²) in [5.74, 6) is 0.261. The van der Waals surface area contributed by atoms with E-state index in [1.54, 1.807) is 62.4 Å². The lowest BCUT2D eigenvalue weighted by Crippen LogP contribution is -2.11. The van der Waals surface area contributed by atoms with Crippen LogP contribution in [0.5, 0.6) is 0 Å². The minimum absolute atomic E-state index is 0.141. The Balaban J connectivity index is 1.77. The molecule has 2 heterocycles. The highest BCUT2D eigenvalue weighted by atomic mass is 32.2. The minimum atomic E-state index is -3.66. The molecule has 3 aromatic rings. The Morgan fingerprint density at radius 2 is 1.93 bits per heavy atom. The normalized spacial score (nSPS) is 11.6. The Morgan fingerprint density at radius 3 is 2.64 bits per heavy atom. The summed E-state index contributed by atoms with van der Waals surface area (Å²) in [4.78, 5) is 12.4. The van der Waals surface area contributed by atoms with Crippen LogP contribution in [0.3, 0.4) is 0 Å². The van der Waals surface area contributed by atoms with Gasteiger partial charge in [-0.2, -0.15) is 0 Å². The summed E-state index contributed by atoms with van der Waals surface area (Å²) in [5.41, 5.74) is 1.59. The van der Waals surface area contributed by atoms with Crippen LogP contribution in [-0.2, 0) is 14.8 Å². The van der Waals surface area contributed by atoms with Crippen molar-refractivity contribution in [3.8, 4) is 0 Å². The number of rotatable bonds is 7. The molecule has 2 aromatic heterocycles. The van der Waals surface area contributed by atoms with Gasteiger partial charge in [0.2, 0.25) is 5.91 Å². The number of hydrogen-bond acceptors (Lipinski definition) is 6. The van der Waals surface area contributed by atoms with Crippen molar-refractivity contribution in [2.45, 2.75) is 24.5 Å². The second-order valence-corrected chi connectivity index (χ2v) is 8.90. The van der Waals surface area contributed by atoms with Gasteiger partial charge in [-0.3, -0.25) is 9.52 Å². The van der Waals surface area contributed by atoms with Crippen LogP contribution in [-0.4, -0.2) is 19.5 Å². The standard InChI is InChI=1S/C19H19N3O4S2/c1-3-17(23)20-19-13(2)21-26-16(19)11-9-15-10-12-18(27-15)28(24,25)22-14-7-5-4-6-8-14/h4-12,22H,3H2,1-2H3,(H,20,23). The van der Waals surface area contributed by atoms with Gasteiger partial charge in [-0.05, 0) is 43.3 Å². The van der Waals surface area contributed by atoms with E-state index in [1.807, 2.05) is 6.07 Å². The van der Waals surface area contributed by atoms with Gasteiger partial charge in [0.05, 0.1) is 0 Å². The van der Waals surface area contributed by atoms with Crippen molar-refractivity contribution in [2.75, 3.05) is 10.0 Å². The molecule has 0 fully saturated rings. The summed E-state index contributed by atoms with van der Waals surface area (Å²) in [6, 6.07) is 11.9. The van der Waals surface area contributed by atoms with Crippen molar-refractivity contribution in [2.24, 2.45) is 0 Å². The van der Waals surface area contributed by atoms with Crippen molar-refractivity contribution in [1.82, 2.24) is 5.16 Å². The number of aryl methyl sites for hydroxylation is 1. The molecule has 0 radical (unpaired) electrons. The van der Waals surface area contributed by atoms with Crippen molar-refractivity contribution >= 4 is 50.8 Å². The number of para-hydroxylation sites is 1. The highest BCUT2D eigenvalue weighted by Crippen LogP contribution is 2.27. The molecular weight excluding hydrogens is 398 g/mol. The molecule has 0 bridgehead atoms. The minimum Gasteiger partial charge on any atom is -0.354 e. The molecular formula is C19H19N3O4S2. The lowest BCUT2D eigenvalue weighted by atomic mass is 10.2. The number of carbonyl (C=O) groups excluding carboxylic acids is 1. The number of nitrogens with zero attached hydrogens (tertiary/aromatic N) is 1. The number of carbonyl (C=O) groups is 1. The fourth-order valence-electron chi connectivity index (χ4n) is 2.32. The van der Waals surface area contributed by atoms with Crippen LogP contribution in [0, 0.1) is 6.92 Å². The zero-order valence-corrected chi connectivity index (χ0v) is 16.9. The number of amides is 1. The maximum Gasteiger partial charge on any atom is 0.271 e. The smallest absolute Gasteiger partial charge is 0.271 e. The van der Waals surface area contributed by atoms with Crippen molar-refractivity contribution in [3.05, 3.63) is 58.8 Å². The van der Waals surface area contributed by atoms with Crippen LogP contribution < -0.4 is 10.0 Å². The van der Waals surface area contributed by atoms with Gasteiger partial charge in [0.1, 0.15) is 15.6 Å². The van der Waals surface area contributed by atoms with E-state index in [9.17, 15) is 13.2 Å². The molecule has 0 aliphatic rings. The molecule has 0 atom stereocenters. The predicted molar refractivity (Wildman–Crippen MR) is 111 cm³/mol. The van der Waals surface area contributed by atoms with E-state index in [4.69, 9.17) is 4.52 Å². The van der Waals surface area contributed by atoms with E-state index in [1.165, 1.54) is 0 Å². The van der Waals surface area contributed by atoms with Gasteiger partial charge in [-0.15, -0.1) is 11.3 Å². The maximum absolute atomic E-state index is 12.5. The monoisotopic (exact) mass is 417 g/mol. The molecule has 9 heteroatoms. The first-order chi connectivity index (χ1) is 13.4. The molecule has 1 amide bonds. The first-order valence-corrected chi connectivity index (χ1v) is 10.8. The Bertz CT molecular complexity index is 1100. The van der Waals surface area contributed by atoms with Gasteiger partial charge >= 0.3 is 0 Å². The summed E-state index contributed by atoms with van der Waals surface area (Å²) in [7, 11) is -3.66. The van der Waals surface area contributed by atoms with Crippen LogP contribution >= 0.6 is 11.3 Å². The number of hydrogen-bond donors (Lipinski definition) is 2. The molecule has 28 heavy (non-hydrogen) atoms. The fourth-order valence-corrected chi connectivity index (χ4v) is 4.61. The van der Waals surface area contributed by atoms with E-state index < -0.39 is 10.0 Å². The Hall–Kier alpha value is -2.91. The maximum atomic E-state index is 12.5. The van der Waals surface area contributed by atoms with Gasteiger partial charge in [0, 0.05) is 17.0 Å². The number of aromatic nitrogens is 1. The highest BCUT2D eigenvalue weighted by Gasteiger charge is 2.17. The van der Waals surface area contributed by atoms with Crippen molar-refractivity contribution in [3.63, 3.8) is 0 Å². The molecule has 0 spiro atoms. The summed E-state index contributed by atoms with van der Waals surface area (Å²) in [5, 5.41) is 6.62. The molecule has 1 aromatic carbocycles. The van der Waals surface area contributed by atoms with Crippen LogP contribution in [0.4, 0.5) is 11.4 Å². The molecule has 0 aliphatic carbocycles. The second kappa shape index (κ2) is 8.41. The van der Waals surface area contributed by atoms with Gasteiger partial charge in [-0.25, -0.2) is 8.42 Å². The zero-order chi connectivity index (χ0) is 20.1. The van der Waals surface area contributed by atoms with Gasteiger partial charge in [-0.1, -0.05) is 30.3 Å². The third kappa shape index (κ3) is 4.68. The van der Waals surface area contributed by atoms with Crippen molar-refractivity contribution in [1.29, 1.82) is 0 Å². The van der Waals surface area contributed by atoms with Crippen LogP contribution in [0.15, 0.2) is 51.2 Å². The molecule has 3 rings (SSSR count). The largest absolute Gasteiger partial charge is 0.354 e. The van der Waals surface area contributed by atoms with Crippen LogP contribution in [0.2, 0.25) is 0 Å². The molecule has 0 saturated carbocycles. The summed E-state index contributed by atoms with van der Waals surface area (Å²) < 4.78 is 33.0. The van der Waals surface area contributed by atoms with Gasteiger partial charge in [0.15, 0.2) is 5.76 Å². The quantitative estimate of drug-likeness (QED) is 0.595. The van der Waals surface area contributed by atoms with E-state index in [0.717, 1.165) is 16.2 Å². The molecule has 7 nitrogen and oxygen atoms in total. The van der Waals surface area contributed by atoms with Gasteiger partial charge in [0.25, 0.3) is 10.0 Å². The Labute approximate surface area is 167 Å². The number of sulfonamides is 1. The van der Waals surface area contributed by atoms with Gasteiger partial charge < -0.3 is 9.84 Å². The molecule has 0 unspecified atom stereocenters. The number of thiophene rings is 1. The lowest BCUT2D eigenvalue weighted by Gasteiger charge is -2.05. The lowest BCUT2D eigenvalue weighted by molar-refractivity contribution is -0.115. The third-order valence-corrected chi connectivity index (χ3v) is 6.69. The average Bonchev–Trinajstić information content (AvgIpc) is 3.29. The Kier molecular flexibility index (Phi) is 5.96. The summed E-state index contributed by atoms with van der Waals surface area (Å²) in [6.45, 7) is 3.49. The third-order valence-electron chi connectivity index (χ3n) is 3.77. The number of benzene rings is 1. The van der Waals surface area contributed by atoms with Crippen LogP contribution in [0.25, 0.3) is 12.2 Å². The number of nitrogens with one attached hydrogen (secondary N) is 2. The SMILES string of the molecule is CCC(=O)Nc1c(C)noc1C=Cc1ccc(S(=O)(=O)Nc2ccccc2)s1. The molecule has 0 aliphatic heterocycles. The molecule has 146 valence electrons. The van der Waals surface area contributed by atoms with E-state index in [0.29, 0.717) is 29.2 Å². The number of anilines is 2. The zero-order valence-electron chi connectivity index (χ0n) is 15.3.